The van der Waals surface area contributed by atoms with E-state index in [1.165, 1.54) is 5.56 Å². The molecule has 2 aromatic carbocycles. The average Bonchev–Trinajstić information content (AvgIpc) is 2.45. The molecule has 0 atom stereocenters. The largest absolute Gasteiger partial charge is 0.496 e. The third-order valence-corrected chi connectivity index (χ3v) is 3.29. The molecule has 0 fully saturated rings. The van der Waals surface area contributed by atoms with Gasteiger partial charge in [-0.2, -0.15) is 5.26 Å². The first-order chi connectivity index (χ1) is 9.65. The Bertz CT molecular complexity index is 657. The quantitative estimate of drug-likeness (QED) is 0.915. The van der Waals surface area contributed by atoms with Crippen molar-refractivity contribution in [2.75, 3.05) is 12.4 Å². The minimum absolute atomic E-state index is 0.628. The Hall–Kier alpha value is -2.47. The van der Waals surface area contributed by atoms with Crippen molar-refractivity contribution in [1.82, 2.24) is 0 Å². The minimum atomic E-state index is 0.628. The van der Waals surface area contributed by atoms with E-state index in [1.807, 2.05) is 37.3 Å². The molecule has 0 heterocycles. The van der Waals surface area contributed by atoms with Crippen molar-refractivity contribution < 1.29 is 4.74 Å². The lowest BCUT2D eigenvalue weighted by molar-refractivity contribution is 0.410. The molecule has 0 radical (unpaired) electrons. The highest BCUT2D eigenvalue weighted by molar-refractivity contribution is 5.61. The van der Waals surface area contributed by atoms with E-state index in [0.717, 1.165) is 22.6 Å². The van der Waals surface area contributed by atoms with Crippen molar-refractivity contribution in [3.63, 3.8) is 0 Å². The van der Waals surface area contributed by atoms with E-state index in [0.29, 0.717) is 12.1 Å². The van der Waals surface area contributed by atoms with Gasteiger partial charge in [0.1, 0.15) is 11.8 Å². The van der Waals surface area contributed by atoms with Gasteiger partial charge in [0, 0.05) is 12.1 Å². The van der Waals surface area contributed by atoms with Gasteiger partial charge in [-0.3, -0.25) is 0 Å². The Morgan fingerprint density at radius 3 is 2.70 bits per heavy atom. The van der Waals surface area contributed by atoms with Crippen LogP contribution in [0.3, 0.4) is 0 Å². The van der Waals surface area contributed by atoms with Gasteiger partial charge in [0.15, 0.2) is 0 Å². The lowest BCUT2D eigenvalue weighted by Gasteiger charge is -2.13. The van der Waals surface area contributed by atoms with Crippen LogP contribution in [0.25, 0.3) is 0 Å². The summed E-state index contributed by atoms with van der Waals surface area (Å²) in [5.74, 6) is 0.856. The summed E-state index contributed by atoms with van der Waals surface area (Å²) in [5.41, 5.74) is 4.80. The van der Waals surface area contributed by atoms with E-state index < -0.39 is 0 Å². The molecule has 0 aliphatic carbocycles. The molecular weight excluding hydrogens is 248 g/mol. The number of hydrogen-bond acceptors (Lipinski definition) is 3. The van der Waals surface area contributed by atoms with Crippen LogP contribution in [-0.4, -0.2) is 7.11 Å². The predicted octanol–water partition coefficient (Wildman–Crippen LogP) is 3.80. The normalized spacial score (nSPS) is 9.90. The zero-order valence-corrected chi connectivity index (χ0v) is 12.0. The van der Waals surface area contributed by atoms with Crippen molar-refractivity contribution in [3.05, 3.63) is 58.7 Å². The maximum Gasteiger partial charge on any atom is 0.123 e. The molecule has 2 aromatic rings. The number of nitrogens with zero attached hydrogens (tertiary/aromatic N) is 1. The third kappa shape index (κ3) is 2.92. The molecule has 0 saturated heterocycles. The number of anilines is 1. The number of benzene rings is 2. The molecule has 102 valence electrons. The summed E-state index contributed by atoms with van der Waals surface area (Å²) in [6, 6.07) is 14.1. The summed E-state index contributed by atoms with van der Waals surface area (Å²) >= 11 is 0. The fourth-order valence-corrected chi connectivity index (χ4v) is 2.20. The Morgan fingerprint density at radius 2 is 2.00 bits per heavy atom. The maximum absolute atomic E-state index is 9.23. The van der Waals surface area contributed by atoms with Gasteiger partial charge in [0.2, 0.25) is 0 Å². The fourth-order valence-electron chi connectivity index (χ4n) is 2.20. The number of rotatable bonds is 4. The Labute approximate surface area is 119 Å². The first kappa shape index (κ1) is 14.0. The van der Waals surface area contributed by atoms with Crippen LogP contribution in [0.1, 0.15) is 22.3 Å². The van der Waals surface area contributed by atoms with Gasteiger partial charge in [0.25, 0.3) is 0 Å². The molecule has 0 aromatic heterocycles. The SMILES string of the molecule is COc1ccc(C)cc1CNc1cccc(C)c1C#N. The van der Waals surface area contributed by atoms with E-state index in [4.69, 9.17) is 4.74 Å². The first-order valence-electron chi connectivity index (χ1n) is 6.53. The van der Waals surface area contributed by atoms with Crippen LogP contribution < -0.4 is 10.1 Å². The van der Waals surface area contributed by atoms with Gasteiger partial charge in [-0.1, -0.05) is 29.8 Å². The summed E-state index contributed by atoms with van der Waals surface area (Å²) < 4.78 is 5.36. The molecule has 0 spiro atoms. The molecule has 3 heteroatoms. The molecule has 0 aliphatic heterocycles. The van der Waals surface area contributed by atoms with Crippen LogP contribution in [0.15, 0.2) is 36.4 Å². The van der Waals surface area contributed by atoms with E-state index in [1.54, 1.807) is 7.11 Å². The Kier molecular flexibility index (Phi) is 4.27. The van der Waals surface area contributed by atoms with Crippen LogP contribution in [0.2, 0.25) is 0 Å². The molecule has 3 nitrogen and oxygen atoms in total. The van der Waals surface area contributed by atoms with Crippen LogP contribution >= 0.6 is 0 Å². The number of hydrogen-bond donors (Lipinski definition) is 1. The highest BCUT2D eigenvalue weighted by Gasteiger charge is 2.07. The molecule has 0 amide bonds. The van der Waals surface area contributed by atoms with Crippen molar-refractivity contribution in [3.8, 4) is 11.8 Å². The summed E-state index contributed by atoms with van der Waals surface area (Å²) in [6.45, 7) is 4.62. The predicted molar refractivity (Wildman–Crippen MR) is 81.0 cm³/mol. The van der Waals surface area contributed by atoms with Gasteiger partial charge in [-0.05, 0) is 31.5 Å². The van der Waals surface area contributed by atoms with Crippen molar-refractivity contribution >= 4 is 5.69 Å². The minimum Gasteiger partial charge on any atom is -0.496 e. The molecule has 0 unspecified atom stereocenters. The van der Waals surface area contributed by atoms with Gasteiger partial charge in [-0.15, -0.1) is 0 Å². The number of nitriles is 1. The summed E-state index contributed by atoms with van der Waals surface area (Å²) in [7, 11) is 1.67. The van der Waals surface area contributed by atoms with E-state index in [2.05, 4.69) is 24.4 Å². The highest BCUT2D eigenvalue weighted by Crippen LogP contribution is 2.23. The molecule has 0 bridgehead atoms. The third-order valence-electron chi connectivity index (χ3n) is 3.29. The van der Waals surface area contributed by atoms with Crippen LogP contribution in [0.5, 0.6) is 5.75 Å². The highest BCUT2D eigenvalue weighted by atomic mass is 16.5. The van der Waals surface area contributed by atoms with Crippen LogP contribution in [-0.2, 0) is 6.54 Å². The zero-order valence-electron chi connectivity index (χ0n) is 12.0. The number of nitrogens with one attached hydrogen (secondary N) is 1. The van der Waals surface area contributed by atoms with Crippen LogP contribution in [0, 0.1) is 25.2 Å². The molecule has 0 saturated carbocycles. The molecule has 1 N–H and O–H groups in total. The molecule has 2 rings (SSSR count). The second-order valence-corrected chi connectivity index (χ2v) is 4.78. The maximum atomic E-state index is 9.23. The zero-order chi connectivity index (χ0) is 14.5. The first-order valence-corrected chi connectivity index (χ1v) is 6.53. The standard InChI is InChI=1S/C17H18N2O/c1-12-7-8-17(20-3)14(9-12)11-19-16-6-4-5-13(2)15(16)10-18/h4-9,19H,11H2,1-3H3. The van der Waals surface area contributed by atoms with Gasteiger partial charge >= 0.3 is 0 Å². The Balaban J connectivity index is 2.24. The molecular formula is C17H18N2O. The second-order valence-electron chi connectivity index (χ2n) is 4.78. The lowest BCUT2D eigenvalue weighted by atomic mass is 10.1. The number of ether oxygens (including phenoxy) is 1. The van der Waals surface area contributed by atoms with E-state index in [9.17, 15) is 5.26 Å². The van der Waals surface area contributed by atoms with Crippen molar-refractivity contribution in [2.45, 2.75) is 20.4 Å². The average molecular weight is 266 g/mol. The van der Waals surface area contributed by atoms with E-state index in [-0.39, 0.29) is 0 Å². The summed E-state index contributed by atoms with van der Waals surface area (Å²) in [4.78, 5) is 0. The number of aryl methyl sites for hydroxylation is 2. The monoisotopic (exact) mass is 266 g/mol. The molecule has 0 aliphatic rings. The number of methoxy groups -OCH3 is 1. The smallest absolute Gasteiger partial charge is 0.123 e. The molecule has 20 heavy (non-hydrogen) atoms. The second kappa shape index (κ2) is 6.12. The Morgan fingerprint density at radius 1 is 1.20 bits per heavy atom. The van der Waals surface area contributed by atoms with Gasteiger partial charge in [-0.25, -0.2) is 0 Å². The lowest BCUT2D eigenvalue weighted by Crippen LogP contribution is -2.04. The summed E-state index contributed by atoms with van der Waals surface area (Å²) in [5, 5.41) is 12.5. The van der Waals surface area contributed by atoms with Gasteiger partial charge < -0.3 is 10.1 Å². The van der Waals surface area contributed by atoms with Crippen molar-refractivity contribution in [2.24, 2.45) is 0 Å². The van der Waals surface area contributed by atoms with Crippen LogP contribution in [0.4, 0.5) is 5.69 Å². The van der Waals surface area contributed by atoms with E-state index >= 15 is 0 Å². The van der Waals surface area contributed by atoms with Crippen molar-refractivity contribution in [1.29, 1.82) is 5.26 Å². The fraction of sp³-hybridized carbons (Fsp3) is 0.235. The summed E-state index contributed by atoms with van der Waals surface area (Å²) in [6.07, 6.45) is 0. The van der Waals surface area contributed by atoms with Gasteiger partial charge in [0.05, 0.1) is 18.4 Å². The topological polar surface area (TPSA) is 45.0 Å².